The zero-order chi connectivity index (χ0) is 23.5. The molecule has 1 amide bonds. The molecule has 1 saturated heterocycles. The smallest absolute Gasteiger partial charge is 0.234 e. The summed E-state index contributed by atoms with van der Waals surface area (Å²) in [7, 11) is 0. The number of nitrogens with zero attached hydrogens (tertiary/aromatic N) is 4. The third-order valence-electron chi connectivity index (χ3n) is 5.89. The number of aromatic nitrogens is 3. The van der Waals surface area contributed by atoms with Gasteiger partial charge in [-0.15, -0.1) is 10.2 Å². The van der Waals surface area contributed by atoms with E-state index in [1.54, 1.807) is 11.8 Å². The van der Waals surface area contributed by atoms with Gasteiger partial charge in [0.15, 0.2) is 5.16 Å². The Labute approximate surface area is 208 Å². The number of benzene rings is 2. The predicted octanol–water partition coefficient (Wildman–Crippen LogP) is 4.95. The molecule has 0 unspecified atom stereocenters. The SMILES string of the molecule is Cc1ccc(C)c(Sc2ccc(NC(=O)CSc3nnc(N4CCOCC4)n3C3CC3)cc2)c1. The molecule has 178 valence electrons. The van der Waals surface area contributed by atoms with Crippen molar-refractivity contribution in [3.63, 3.8) is 0 Å². The van der Waals surface area contributed by atoms with Gasteiger partial charge in [0.05, 0.1) is 19.0 Å². The normalized spacial score (nSPS) is 16.0. The maximum Gasteiger partial charge on any atom is 0.234 e. The van der Waals surface area contributed by atoms with E-state index in [1.807, 2.05) is 24.3 Å². The van der Waals surface area contributed by atoms with Gasteiger partial charge in [-0.1, -0.05) is 35.7 Å². The Morgan fingerprint density at radius 1 is 1.09 bits per heavy atom. The molecule has 3 aromatic rings. The van der Waals surface area contributed by atoms with E-state index in [4.69, 9.17) is 4.74 Å². The minimum Gasteiger partial charge on any atom is -0.378 e. The van der Waals surface area contributed by atoms with Crippen molar-refractivity contribution in [3.05, 3.63) is 53.6 Å². The number of rotatable bonds is 8. The molecule has 7 nitrogen and oxygen atoms in total. The topological polar surface area (TPSA) is 72.3 Å². The van der Waals surface area contributed by atoms with Crippen LogP contribution in [0, 0.1) is 13.8 Å². The van der Waals surface area contributed by atoms with Crippen molar-refractivity contribution in [2.75, 3.05) is 42.3 Å². The van der Waals surface area contributed by atoms with Crippen LogP contribution in [-0.4, -0.2) is 52.7 Å². The monoisotopic (exact) mass is 495 g/mol. The van der Waals surface area contributed by atoms with Gasteiger partial charge in [0.2, 0.25) is 11.9 Å². The summed E-state index contributed by atoms with van der Waals surface area (Å²) in [5.41, 5.74) is 3.32. The minimum absolute atomic E-state index is 0.0433. The fourth-order valence-electron chi connectivity index (χ4n) is 3.88. The maximum absolute atomic E-state index is 12.6. The van der Waals surface area contributed by atoms with Crippen molar-refractivity contribution < 1.29 is 9.53 Å². The third-order valence-corrected chi connectivity index (χ3v) is 8.01. The Morgan fingerprint density at radius 3 is 2.59 bits per heavy atom. The minimum atomic E-state index is -0.0433. The van der Waals surface area contributed by atoms with E-state index in [2.05, 4.69) is 57.0 Å². The molecule has 0 radical (unpaired) electrons. The predicted molar refractivity (Wildman–Crippen MR) is 137 cm³/mol. The van der Waals surface area contributed by atoms with Gasteiger partial charge in [0, 0.05) is 34.6 Å². The van der Waals surface area contributed by atoms with Gasteiger partial charge in [0.1, 0.15) is 0 Å². The maximum atomic E-state index is 12.6. The van der Waals surface area contributed by atoms with E-state index in [0.717, 1.165) is 47.6 Å². The lowest BCUT2D eigenvalue weighted by Gasteiger charge is -2.27. The zero-order valence-corrected chi connectivity index (χ0v) is 21.1. The molecule has 34 heavy (non-hydrogen) atoms. The Kier molecular flexibility index (Phi) is 7.12. The van der Waals surface area contributed by atoms with Crippen molar-refractivity contribution in [2.45, 2.75) is 47.7 Å². The molecule has 1 saturated carbocycles. The molecule has 0 spiro atoms. The summed E-state index contributed by atoms with van der Waals surface area (Å²) in [5, 5.41) is 12.7. The van der Waals surface area contributed by atoms with Crippen LogP contribution < -0.4 is 10.2 Å². The number of hydrogen-bond donors (Lipinski definition) is 1. The Bertz CT molecular complexity index is 1150. The second kappa shape index (κ2) is 10.4. The summed E-state index contributed by atoms with van der Waals surface area (Å²) in [6.07, 6.45) is 2.28. The highest BCUT2D eigenvalue weighted by Gasteiger charge is 2.32. The molecule has 2 fully saturated rings. The number of aryl methyl sites for hydroxylation is 2. The van der Waals surface area contributed by atoms with E-state index in [-0.39, 0.29) is 5.91 Å². The molecule has 0 bridgehead atoms. The van der Waals surface area contributed by atoms with Crippen LogP contribution in [0.25, 0.3) is 0 Å². The fourth-order valence-corrected chi connectivity index (χ4v) is 5.68. The molecule has 5 rings (SSSR count). The Balaban J connectivity index is 1.17. The lowest BCUT2D eigenvalue weighted by Crippen LogP contribution is -2.38. The molecule has 2 aromatic carbocycles. The van der Waals surface area contributed by atoms with Crippen LogP contribution in [0.1, 0.15) is 30.0 Å². The molecule has 2 aliphatic rings. The molecule has 1 aliphatic heterocycles. The molecule has 0 atom stereocenters. The lowest BCUT2D eigenvalue weighted by molar-refractivity contribution is -0.113. The number of ether oxygens (including phenoxy) is 1. The lowest BCUT2D eigenvalue weighted by atomic mass is 10.2. The Morgan fingerprint density at radius 2 is 1.85 bits per heavy atom. The molecule has 2 heterocycles. The number of nitrogens with one attached hydrogen (secondary N) is 1. The van der Waals surface area contributed by atoms with Gasteiger partial charge in [-0.3, -0.25) is 9.36 Å². The van der Waals surface area contributed by atoms with E-state index < -0.39 is 0 Å². The van der Waals surface area contributed by atoms with E-state index in [0.29, 0.717) is 25.0 Å². The average molecular weight is 496 g/mol. The largest absolute Gasteiger partial charge is 0.378 e. The summed E-state index contributed by atoms with van der Waals surface area (Å²) in [6, 6.07) is 14.9. The molecular formula is C25H29N5O2S2. The first-order valence-corrected chi connectivity index (χ1v) is 13.4. The van der Waals surface area contributed by atoms with Crippen LogP contribution in [-0.2, 0) is 9.53 Å². The van der Waals surface area contributed by atoms with Gasteiger partial charge in [-0.2, -0.15) is 0 Å². The number of morpholine rings is 1. The van der Waals surface area contributed by atoms with Crippen LogP contribution in [0.2, 0.25) is 0 Å². The fraction of sp³-hybridized carbons (Fsp3) is 0.400. The van der Waals surface area contributed by atoms with Gasteiger partial charge < -0.3 is 15.0 Å². The zero-order valence-electron chi connectivity index (χ0n) is 19.5. The molecule has 1 aromatic heterocycles. The highest BCUT2D eigenvalue weighted by Crippen LogP contribution is 2.41. The van der Waals surface area contributed by atoms with Crippen LogP contribution in [0.3, 0.4) is 0 Å². The first-order chi connectivity index (χ1) is 16.6. The van der Waals surface area contributed by atoms with Crippen molar-refractivity contribution in [1.29, 1.82) is 0 Å². The second-order valence-electron chi connectivity index (χ2n) is 8.72. The van der Waals surface area contributed by atoms with Crippen LogP contribution in [0.4, 0.5) is 11.6 Å². The van der Waals surface area contributed by atoms with Gasteiger partial charge in [-0.25, -0.2) is 0 Å². The number of carbonyl (C=O) groups is 1. The van der Waals surface area contributed by atoms with E-state index in [1.165, 1.54) is 27.8 Å². The number of hydrogen-bond acceptors (Lipinski definition) is 7. The summed E-state index contributed by atoms with van der Waals surface area (Å²) < 4.78 is 7.68. The Hall–Kier alpha value is -2.49. The van der Waals surface area contributed by atoms with Crippen LogP contribution >= 0.6 is 23.5 Å². The molecule has 1 aliphatic carbocycles. The number of anilines is 2. The summed E-state index contributed by atoms with van der Waals surface area (Å²) >= 11 is 3.19. The summed E-state index contributed by atoms with van der Waals surface area (Å²) in [5.74, 6) is 1.16. The first kappa shape index (κ1) is 23.3. The number of amides is 1. The number of thioether (sulfide) groups is 1. The third kappa shape index (κ3) is 5.59. The summed E-state index contributed by atoms with van der Waals surface area (Å²) in [6.45, 7) is 7.31. The van der Waals surface area contributed by atoms with E-state index in [9.17, 15) is 4.79 Å². The number of carbonyl (C=O) groups excluding carboxylic acids is 1. The van der Waals surface area contributed by atoms with Crippen molar-refractivity contribution in [3.8, 4) is 0 Å². The van der Waals surface area contributed by atoms with E-state index >= 15 is 0 Å². The van der Waals surface area contributed by atoms with Gasteiger partial charge in [-0.05, 0) is 68.1 Å². The summed E-state index contributed by atoms with van der Waals surface area (Å²) in [4.78, 5) is 17.3. The highest BCUT2D eigenvalue weighted by molar-refractivity contribution is 8.00. The second-order valence-corrected chi connectivity index (χ2v) is 10.8. The van der Waals surface area contributed by atoms with Crippen LogP contribution in [0.5, 0.6) is 0 Å². The van der Waals surface area contributed by atoms with Gasteiger partial charge in [0.25, 0.3) is 0 Å². The quantitative estimate of drug-likeness (QED) is 0.443. The van der Waals surface area contributed by atoms with Crippen molar-refractivity contribution >= 4 is 41.1 Å². The van der Waals surface area contributed by atoms with Gasteiger partial charge >= 0.3 is 0 Å². The average Bonchev–Trinajstić information content (AvgIpc) is 3.60. The molecule has 9 heteroatoms. The standard InChI is InChI=1S/C25H29N5O2S2/c1-17-3-4-18(2)22(15-17)34-21-9-5-19(6-10-21)26-23(31)16-33-25-28-27-24(30(25)20-7-8-20)29-11-13-32-14-12-29/h3-6,9-10,15,20H,7-8,11-14,16H2,1-2H3,(H,26,31). The highest BCUT2D eigenvalue weighted by atomic mass is 32.2. The molecular weight excluding hydrogens is 466 g/mol. The van der Waals surface area contributed by atoms with Crippen molar-refractivity contribution in [2.24, 2.45) is 0 Å². The van der Waals surface area contributed by atoms with Crippen molar-refractivity contribution in [1.82, 2.24) is 14.8 Å². The molecule has 1 N–H and O–H groups in total. The first-order valence-electron chi connectivity index (χ1n) is 11.6. The van der Waals surface area contributed by atoms with Crippen LogP contribution in [0.15, 0.2) is 57.4 Å².